The Bertz CT molecular complexity index is 3020. The molecule has 0 saturated heterocycles. The molecule has 0 saturated carbocycles. The van der Waals surface area contributed by atoms with E-state index in [1.807, 2.05) is 0 Å². The summed E-state index contributed by atoms with van der Waals surface area (Å²) in [4.78, 5) is 27.0. The third kappa shape index (κ3) is 8.07. The average molecular weight is 958 g/mol. The molecule has 18 N–H and O–H groups in total. The minimum absolute atomic E-state index is 0.114. The molecular weight excluding hydrogens is 918 g/mol. The zero-order valence-electron chi connectivity index (χ0n) is 35.0. The van der Waals surface area contributed by atoms with Gasteiger partial charge in [-0.1, -0.05) is 0 Å². The number of phenolic OH excluding ortho intramolecular Hbond substituents is 16. The Morgan fingerprint density at radius 1 is 0.464 bits per heavy atom. The summed E-state index contributed by atoms with van der Waals surface area (Å²) in [5.41, 5.74) is 3.97. The predicted octanol–water partition coefficient (Wildman–Crippen LogP) is 3.87. The van der Waals surface area contributed by atoms with Crippen LogP contribution in [-0.4, -0.2) is 112 Å². The predicted molar refractivity (Wildman–Crippen MR) is 229 cm³/mol. The van der Waals surface area contributed by atoms with Gasteiger partial charge in [0.05, 0.1) is 11.1 Å². The Morgan fingerprint density at radius 2 is 0.841 bits per heavy atom. The van der Waals surface area contributed by atoms with E-state index in [1.165, 1.54) is 0 Å². The fraction of sp³-hybridized carbons (Fsp3) is 0.174. The highest BCUT2D eigenvalue weighted by Gasteiger charge is 2.43. The lowest BCUT2D eigenvalue weighted by Gasteiger charge is -2.37. The van der Waals surface area contributed by atoms with Gasteiger partial charge in [-0.05, 0) is 48.5 Å². The number of phenols is 16. The lowest BCUT2D eigenvalue weighted by atomic mass is 9.82. The summed E-state index contributed by atoms with van der Waals surface area (Å²) < 4.78 is 23.9. The van der Waals surface area contributed by atoms with E-state index in [9.17, 15) is 91.3 Å². The zero-order valence-corrected chi connectivity index (χ0v) is 35.0. The number of aromatic hydroxyl groups is 16. The Labute approximate surface area is 385 Å². The van der Waals surface area contributed by atoms with Crippen LogP contribution in [0.5, 0.6) is 103 Å². The number of ether oxygens (including phenoxy) is 4. The highest BCUT2D eigenvalue weighted by Crippen LogP contribution is 2.55. The Balaban J connectivity index is 1.23. The summed E-state index contributed by atoms with van der Waals surface area (Å²) in [5, 5.41) is 168. The molecule has 69 heavy (non-hydrogen) atoms. The Kier molecular flexibility index (Phi) is 11.5. The van der Waals surface area contributed by atoms with Crippen molar-refractivity contribution < 1.29 is 110 Å². The van der Waals surface area contributed by atoms with E-state index in [0.717, 1.165) is 60.7 Å². The van der Waals surface area contributed by atoms with Gasteiger partial charge in [-0.15, -0.1) is 0 Å². The highest BCUT2D eigenvalue weighted by atomic mass is 16.6. The molecule has 0 aromatic heterocycles. The minimum atomic E-state index is -1.63. The van der Waals surface area contributed by atoms with Gasteiger partial charge in [-0.3, -0.25) is 0 Å². The number of hydrogen-bond donors (Lipinski definition) is 17. The first-order valence-corrected chi connectivity index (χ1v) is 20.2. The van der Waals surface area contributed by atoms with Gasteiger partial charge in [0.1, 0.15) is 46.7 Å². The fourth-order valence-corrected chi connectivity index (χ4v) is 8.31. The van der Waals surface area contributed by atoms with Gasteiger partial charge in [0.25, 0.3) is 0 Å². The largest absolute Gasteiger partial charge is 0.507 e. The molecule has 23 heteroatoms. The van der Waals surface area contributed by atoms with Crippen molar-refractivity contribution in [3.8, 4) is 103 Å². The van der Waals surface area contributed by atoms with Crippen LogP contribution >= 0.6 is 0 Å². The summed E-state index contributed by atoms with van der Waals surface area (Å²) >= 11 is 0. The van der Waals surface area contributed by atoms with Gasteiger partial charge >= 0.3 is 11.9 Å². The first-order valence-electron chi connectivity index (χ1n) is 20.2. The lowest BCUT2D eigenvalue weighted by Crippen LogP contribution is -2.36. The van der Waals surface area contributed by atoms with Crippen LogP contribution in [0.2, 0.25) is 0 Å². The molecule has 2 aliphatic rings. The molecule has 360 valence electrons. The van der Waals surface area contributed by atoms with Crippen LogP contribution in [0.25, 0.3) is 0 Å². The maximum atomic E-state index is 13.5. The van der Waals surface area contributed by atoms with Crippen molar-refractivity contribution in [3.63, 3.8) is 0 Å². The minimum Gasteiger partial charge on any atom is -0.507 e. The average Bonchev–Trinajstić information content (AvgIpc) is 3.29. The zero-order chi connectivity index (χ0) is 50.1. The normalized spacial score (nSPS) is 17.6. The van der Waals surface area contributed by atoms with Gasteiger partial charge < -0.3 is 106 Å². The van der Waals surface area contributed by atoms with E-state index in [2.05, 4.69) is 0 Å². The van der Waals surface area contributed by atoms with Crippen LogP contribution in [0.15, 0.2) is 60.7 Å². The van der Waals surface area contributed by atoms with Crippen LogP contribution in [0.4, 0.5) is 0 Å². The van der Waals surface area contributed by atoms with Crippen molar-refractivity contribution in [2.75, 3.05) is 6.54 Å². The van der Waals surface area contributed by atoms with Crippen molar-refractivity contribution in [2.24, 2.45) is 5.73 Å². The standard InChI is InChI=1S/C46H39NO22/c47-13-20(35-23(50)12-32-19(37(35)59)10-34(42(66-32)14-1-24(51)38(60)25(52)2-14)68-46(65)17-7-30(57)41(63)31(58)8-17)36-22(49)11-21(48)18-9-33(67-45(64)16-5-28(55)40(62)29(56)6-16)43(69-44(18)36)15-3-26(53)39(61)27(54)4-15/h1-8,11-12,20,33-34,42-43,48-63H,9-10,13,47H2/t20?,33-,34-,42-,43-/m1/s1. The van der Waals surface area contributed by atoms with E-state index < -0.39 is 170 Å². The number of carbonyl (C=O) groups excluding carboxylic acids is 2. The van der Waals surface area contributed by atoms with Crippen LogP contribution in [-0.2, 0) is 22.3 Å². The summed E-state index contributed by atoms with van der Waals surface area (Å²) in [7, 11) is 0. The van der Waals surface area contributed by atoms with Crippen molar-refractivity contribution in [1.29, 1.82) is 0 Å². The van der Waals surface area contributed by atoms with Crippen LogP contribution in [0.3, 0.4) is 0 Å². The Morgan fingerprint density at radius 3 is 1.26 bits per heavy atom. The fourth-order valence-electron chi connectivity index (χ4n) is 8.31. The number of rotatable bonds is 9. The number of esters is 2. The Hall–Kier alpha value is -9.38. The topological polar surface area (TPSA) is 421 Å². The maximum absolute atomic E-state index is 13.5. The molecule has 0 amide bonds. The van der Waals surface area contributed by atoms with E-state index >= 15 is 0 Å². The van der Waals surface area contributed by atoms with E-state index in [-0.39, 0.29) is 39.3 Å². The molecule has 6 aromatic carbocycles. The molecule has 0 radical (unpaired) electrons. The van der Waals surface area contributed by atoms with Gasteiger partial charge in [0, 0.05) is 70.8 Å². The SMILES string of the molecule is NCC(c1c(O)cc2c(c1O)C[C@@H](OC(=O)c1cc(O)c(O)c(O)c1)[C@@H](c1cc(O)c(O)c(O)c1)O2)c1c(O)cc(O)c2c1O[C@H](c1cc(O)c(O)c(O)c1)[C@H](OC(=O)c1cc(O)c(O)c(O)c1)C2. The van der Waals surface area contributed by atoms with Gasteiger partial charge in [-0.2, -0.15) is 0 Å². The second kappa shape index (κ2) is 17.1. The molecule has 0 fully saturated rings. The van der Waals surface area contributed by atoms with Crippen molar-refractivity contribution in [1.82, 2.24) is 0 Å². The summed E-state index contributed by atoms with van der Waals surface area (Å²) in [6.45, 7) is -0.576. The third-order valence-electron chi connectivity index (χ3n) is 11.6. The molecule has 1 unspecified atom stereocenters. The number of fused-ring (bicyclic) bond motifs is 2. The molecule has 6 aromatic rings. The molecule has 0 aliphatic carbocycles. The molecule has 23 nitrogen and oxygen atoms in total. The molecular formula is C46H39NO22. The monoisotopic (exact) mass is 957 g/mol. The number of carbonyl (C=O) groups is 2. The summed E-state index contributed by atoms with van der Waals surface area (Å²) in [6.07, 6.45) is -7.26. The second-order valence-electron chi connectivity index (χ2n) is 16.0. The van der Waals surface area contributed by atoms with Crippen LogP contribution < -0.4 is 15.2 Å². The van der Waals surface area contributed by atoms with Crippen molar-refractivity contribution in [2.45, 2.75) is 43.2 Å². The van der Waals surface area contributed by atoms with Gasteiger partial charge in [0.15, 0.2) is 81.2 Å². The van der Waals surface area contributed by atoms with Crippen molar-refractivity contribution in [3.05, 3.63) is 105 Å². The molecule has 2 aliphatic heterocycles. The number of hydrogen-bond acceptors (Lipinski definition) is 23. The number of nitrogens with two attached hydrogens (primary N) is 1. The quantitative estimate of drug-likeness (QED) is 0.0722. The molecule has 5 atom stereocenters. The second-order valence-corrected chi connectivity index (χ2v) is 16.0. The summed E-state index contributed by atoms with van der Waals surface area (Å²) in [5.74, 6) is -18.3. The van der Waals surface area contributed by atoms with Gasteiger partial charge in [0.2, 0.25) is 0 Å². The first-order chi connectivity index (χ1) is 32.6. The van der Waals surface area contributed by atoms with E-state index in [1.54, 1.807) is 0 Å². The molecule has 0 spiro atoms. The van der Waals surface area contributed by atoms with Crippen LogP contribution in [0.1, 0.15) is 72.2 Å². The third-order valence-corrected chi connectivity index (χ3v) is 11.6. The smallest absolute Gasteiger partial charge is 0.338 e. The first kappa shape index (κ1) is 46.2. The molecule has 0 bridgehead atoms. The highest BCUT2D eigenvalue weighted by molar-refractivity contribution is 5.92. The van der Waals surface area contributed by atoms with Crippen molar-refractivity contribution >= 4 is 11.9 Å². The number of benzene rings is 6. The summed E-state index contributed by atoms with van der Waals surface area (Å²) in [6, 6.07) is 8.72. The van der Waals surface area contributed by atoms with Crippen LogP contribution in [0, 0.1) is 0 Å². The maximum Gasteiger partial charge on any atom is 0.338 e. The van der Waals surface area contributed by atoms with E-state index in [0.29, 0.717) is 0 Å². The van der Waals surface area contributed by atoms with Gasteiger partial charge in [-0.25, -0.2) is 9.59 Å². The lowest BCUT2D eigenvalue weighted by molar-refractivity contribution is -0.0194. The molecule has 2 heterocycles. The molecule has 8 rings (SSSR count). The van der Waals surface area contributed by atoms with E-state index in [4.69, 9.17) is 24.7 Å².